The molecule has 1 amide bonds. The molecule has 28 heavy (non-hydrogen) atoms. The fraction of sp³-hybridized carbons (Fsp3) is 0.174. The van der Waals surface area contributed by atoms with Crippen molar-refractivity contribution in [3.05, 3.63) is 94.2 Å². The molecule has 0 fully saturated rings. The van der Waals surface area contributed by atoms with E-state index in [9.17, 15) is 9.18 Å². The topological polar surface area (TPSA) is 32.3 Å². The van der Waals surface area contributed by atoms with Crippen molar-refractivity contribution < 1.29 is 9.18 Å². The van der Waals surface area contributed by atoms with Crippen LogP contribution in [0.15, 0.2) is 77.3 Å². The summed E-state index contributed by atoms with van der Waals surface area (Å²) in [7, 11) is 0. The molecule has 1 aliphatic heterocycles. The smallest absolute Gasteiger partial charge is 0.254 e. The van der Waals surface area contributed by atoms with E-state index in [0.717, 1.165) is 28.6 Å². The highest BCUT2D eigenvalue weighted by atomic mass is 79.9. The lowest BCUT2D eigenvalue weighted by atomic mass is 9.99. The lowest BCUT2D eigenvalue weighted by Gasteiger charge is -2.33. The Morgan fingerprint density at radius 1 is 1.00 bits per heavy atom. The number of carbonyl (C=O) groups is 1. The number of benzene rings is 3. The maximum absolute atomic E-state index is 14.3. The number of fused-ring (bicyclic) bond motifs is 1. The van der Waals surface area contributed by atoms with E-state index in [1.807, 2.05) is 47.4 Å². The first kappa shape index (κ1) is 18.7. The summed E-state index contributed by atoms with van der Waals surface area (Å²) in [5.41, 5.74) is 3.22. The minimum Gasteiger partial charge on any atom is -0.368 e. The van der Waals surface area contributed by atoms with Crippen LogP contribution >= 0.6 is 15.9 Å². The van der Waals surface area contributed by atoms with Crippen LogP contribution in [0.3, 0.4) is 0 Å². The van der Waals surface area contributed by atoms with Gasteiger partial charge in [0.2, 0.25) is 0 Å². The normalized spacial score (nSPS) is 14.3. The molecular weight excluding hydrogens is 419 g/mol. The fourth-order valence-electron chi connectivity index (χ4n) is 3.60. The zero-order valence-electron chi connectivity index (χ0n) is 15.2. The number of aryl methyl sites for hydroxylation is 1. The second-order valence-corrected chi connectivity index (χ2v) is 7.75. The first-order chi connectivity index (χ1) is 13.6. The molecule has 0 bridgehead atoms. The highest BCUT2D eigenvalue weighted by molar-refractivity contribution is 9.10. The highest BCUT2D eigenvalue weighted by Gasteiger charge is 2.30. The molecule has 0 saturated carbocycles. The number of rotatable bonds is 4. The van der Waals surface area contributed by atoms with Gasteiger partial charge in [0.1, 0.15) is 11.9 Å². The number of amides is 1. The van der Waals surface area contributed by atoms with Gasteiger partial charge >= 0.3 is 0 Å². The van der Waals surface area contributed by atoms with E-state index in [4.69, 9.17) is 0 Å². The van der Waals surface area contributed by atoms with Gasteiger partial charge in [-0.05, 0) is 54.3 Å². The summed E-state index contributed by atoms with van der Waals surface area (Å²) in [6.07, 6.45) is 1.87. The van der Waals surface area contributed by atoms with Crippen molar-refractivity contribution >= 4 is 33.2 Å². The lowest BCUT2D eigenvalue weighted by molar-refractivity contribution is -0.119. The summed E-state index contributed by atoms with van der Waals surface area (Å²) in [4.78, 5) is 15.4. The van der Waals surface area contributed by atoms with Gasteiger partial charge < -0.3 is 10.2 Å². The van der Waals surface area contributed by atoms with Gasteiger partial charge in [0, 0.05) is 16.7 Å². The zero-order valence-corrected chi connectivity index (χ0v) is 16.8. The van der Waals surface area contributed by atoms with Crippen LogP contribution in [0.25, 0.3) is 0 Å². The molecule has 4 rings (SSSR count). The quantitative estimate of drug-likeness (QED) is 0.564. The van der Waals surface area contributed by atoms with Crippen LogP contribution in [0.1, 0.15) is 23.6 Å². The molecule has 3 aromatic rings. The largest absolute Gasteiger partial charge is 0.368 e. The van der Waals surface area contributed by atoms with Crippen molar-refractivity contribution in [3.8, 4) is 0 Å². The first-order valence-electron chi connectivity index (χ1n) is 9.29. The van der Waals surface area contributed by atoms with Gasteiger partial charge in [-0.15, -0.1) is 0 Å². The van der Waals surface area contributed by atoms with Crippen molar-refractivity contribution in [2.24, 2.45) is 0 Å². The minimum atomic E-state index is -0.684. The zero-order chi connectivity index (χ0) is 19.5. The number of hydrogen-bond donors (Lipinski definition) is 1. The Bertz CT molecular complexity index is 990. The van der Waals surface area contributed by atoms with E-state index in [-0.39, 0.29) is 11.7 Å². The average Bonchev–Trinajstić information content (AvgIpc) is 2.73. The van der Waals surface area contributed by atoms with Gasteiger partial charge in [0.25, 0.3) is 5.91 Å². The third kappa shape index (κ3) is 3.80. The predicted octanol–water partition coefficient (Wildman–Crippen LogP) is 5.72. The van der Waals surface area contributed by atoms with Crippen LogP contribution in [0.5, 0.6) is 0 Å². The predicted molar refractivity (Wildman–Crippen MR) is 114 cm³/mol. The first-order valence-corrected chi connectivity index (χ1v) is 10.1. The number of para-hydroxylation sites is 2. The molecule has 1 unspecified atom stereocenters. The Labute approximate surface area is 172 Å². The molecule has 1 aliphatic rings. The highest BCUT2D eigenvalue weighted by Crippen LogP contribution is 2.31. The Balaban J connectivity index is 1.72. The third-order valence-electron chi connectivity index (χ3n) is 5.00. The van der Waals surface area contributed by atoms with E-state index in [2.05, 4.69) is 27.3 Å². The van der Waals surface area contributed by atoms with Crippen molar-refractivity contribution in [2.45, 2.75) is 18.9 Å². The monoisotopic (exact) mass is 438 g/mol. The Morgan fingerprint density at radius 2 is 1.71 bits per heavy atom. The molecule has 0 spiro atoms. The fourth-order valence-corrected chi connectivity index (χ4v) is 3.86. The number of nitrogens with zero attached hydrogens (tertiary/aromatic N) is 1. The molecule has 0 aliphatic carbocycles. The van der Waals surface area contributed by atoms with E-state index in [0.29, 0.717) is 12.2 Å². The van der Waals surface area contributed by atoms with Crippen LogP contribution in [0, 0.1) is 5.82 Å². The number of hydrogen-bond acceptors (Lipinski definition) is 2. The number of anilines is 2. The molecule has 3 aromatic carbocycles. The molecule has 1 N–H and O–H groups in total. The van der Waals surface area contributed by atoms with Crippen molar-refractivity contribution in [2.75, 3.05) is 16.8 Å². The molecular formula is C23H20BrFN2O. The standard InChI is InChI=1S/C23H20BrFN2O/c24-18-13-11-17(12-14-18)22(26-20-9-3-2-8-19(20)25)23(28)27-15-5-7-16-6-1-4-10-21(16)27/h1-4,6,8-14,22,26H,5,7,15H2. The van der Waals surface area contributed by atoms with Gasteiger partial charge in [-0.2, -0.15) is 0 Å². The van der Waals surface area contributed by atoms with Gasteiger partial charge in [-0.3, -0.25) is 4.79 Å². The van der Waals surface area contributed by atoms with E-state index in [1.165, 1.54) is 11.6 Å². The molecule has 3 nitrogen and oxygen atoms in total. The second kappa shape index (κ2) is 8.15. The Kier molecular flexibility index (Phi) is 5.44. The summed E-state index contributed by atoms with van der Waals surface area (Å²) in [6.45, 7) is 0.655. The van der Waals surface area contributed by atoms with Crippen molar-refractivity contribution in [1.82, 2.24) is 0 Å². The van der Waals surface area contributed by atoms with E-state index < -0.39 is 6.04 Å². The molecule has 1 atom stereocenters. The van der Waals surface area contributed by atoms with Crippen LogP contribution in [-0.4, -0.2) is 12.5 Å². The maximum Gasteiger partial charge on any atom is 0.254 e. The van der Waals surface area contributed by atoms with E-state index in [1.54, 1.807) is 18.2 Å². The molecule has 0 aromatic heterocycles. The van der Waals surface area contributed by atoms with E-state index >= 15 is 0 Å². The summed E-state index contributed by atoms with van der Waals surface area (Å²) < 4.78 is 15.2. The Hall–Kier alpha value is -2.66. The van der Waals surface area contributed by atoms with Gasteiger partial charge in [-0.25, -0.2) is 4.39 Å². The molecule has 0 saturated heterocycles. The van der Waals surface area contributed by atoms with Crippen LogP contribution in [-0.2, 0) is 11.2 Å². The third-order valence-corrected chi connectivity index (χ3v) is 5.53. The average molecular weight is 439 g/mol. The van der Waals surface area contributed by atoms with Crippen LogP contribution in [0.4, 0.5) is 15.8 Å². The van der Waals surface area contributed by atoms with Gasteiger partial charge in [0.15, 0.2) is 0 Å². The van der Waals surface area contributed by atoms with Crippen molar-refractivity contribution in [3.63, 3.8) is 0 Å². The summed E-state index contributed by atoms with van der Waals surface area (Å²) in [5, 5.41) is 3.13. The van der Waals surface area contributed by atoms with Gasteiger partial charge in [-0.1, -0.05) is 58.4 Å². The SMILES string of the molecule is O=C(C(Nc1ccccc1F)c1ccc(Br)cc1)N1CCCc2ccccc21. The number of halogens is 2. The number of nitrogens with one attached hydrogen (secondary N) is 1. The molecule has 5 heteroatoms. The molecule has 0 radical (unpaired) electrons. The second-order valence-electron chi connectivity index (χ2n) is 6.83. The molecule has 142 valence electrons. The number of carbonyl (C=O) groups excluding carboxylic acids is 1. The maximum atomic E-state index is 14.3. The van der Waals surface area contributed by atoms with Gasteiger partial charge in [0.05, 0.1) is 5.69 Å². The van der Waals surface area contributed by atoms with Crippen molar-refractivity contribution in [1.29, 1.82) is 0 Å². The summed E-state index contributed by atoms with van der Waals surface area (Å²) in [5.74, 6) is -0.464. The lowest BCUT2D eigenvalue weighted by Crippen LogP contribution is -2.41. The van der Waals surface area contributed by atoms with Crippen LogP contribution in [0.2, 0.25) is 0 Å². The minimum absolute atomic E-state index is 0.0854. The summed E-state index contributed by atoms with van der Waals surface area (Å²) in [6, 6.07) is 21.3. The summed E-state index contributed by atoms with van der Waals surface area (Å²) >= 11 is 3.43. The molecule has 1 heterocycles. The van der Waals surface area contributed by atoms with Crippen LogP contribution < -0.4 is 10.2 Å². The Morgan fingerprint density at radius 3 is 2.50 bits per heavy atom.